The first-order valence-corrected chi connectivity index (χ1v) is 6.49. The summed E-state index contributed by atoms with van der Waals surface area (Å²) in [7, 11) is 0. The Balaban J connectivity index is 4.61. The summed E-state index contributed by atoms with van der Waals surface area (Å²) < 4.78 is 9.40. The first-order chi connectivity index (χ1) is 10.2. The Labute approximate surface area is 128 Å². The van der Waals surface area contributed by atoms with Gasteiger partial charge in [0.05, 0.1) is 13.2 Å². The number of rotatable bonds is 6. The molecule has 0 unspecified atom stereocenters. The van der Waals surface area contributed by atoms with Crippen molar-refractivity contribution in [2.24, 2.45) is 0 Å². The zero-order valence-corrected chi connectivity index (χ0v) is 12.9. The maximum atomic E-state index is 11.9. The molecule has 8 heteroatoms. The van der Waals surface area contributed by atoms with Crippen molar-refractivity contribution in [2.75, 3.05) is 19.8 Å². The van der Waals surface area contributed by atoms with Crippen LogP contribution in [0.2, 0.25) is 0 Å². The Hall–Kier alpha value is -2.64. The van der Waals surface area contributed by atoms with Crippen LogP contribution in [0.25, 0.3) is 0 Å². The molecule has 0 bridgehead atoms. The minimum Gasteiger partial charge on any atom is -0.460 e. The number of carbonyl (C=O) groups is 4. The molecule has 0 spiro atoms. The van der Waals surface area contributed by atoms with Gasteiger partial charge < -0.3 is 14.8 Å². The van der Waals surface area contributed by atoms with Gasteiger partial charge in [0.15, 0.2) is 0 Å². The lowest BCUT2D eigenvalue weighted by Gasteiger charge is -2.18. The Morgan fingerprint density at radius 3 is 2.09 bits per heavy atom. The smallest absolute Gasteiger partial charge is 0.425 e. The zero-order valence-electron chi connectivity index (χ0n) is 12.9. The molecule has 122 valence electrons. The molecule has 0 atom stereocenters. The average Bonchev–Trinajstić information content (AvgIpc) is 2.43. The molecule has 0 fully saturated rings. The monoisotopic (exact) mass is 312 g/mol. The molecular weight excluding hydrogens is 292 g/mol. The van der Waals surface area contributed by atoms with Gasteiger partial charge in [-0.05, 0) is 20.8 Å². The summed E-state index contributed by atoms with van der Waals surface area (Å²) in [5.41, 5.74) is 0.217. The number of amides is 4. The van der Waals surface area contributed by atoms with Crippen molar-refractivity contribution in [1.29, 1.82) is 0 Å². The fourth-order valence-electron chi connectivity index (χ4n) is 1.14. The highest BCUT2D eigenvalue weighted by atomic mass is 16.6. The number of urea groups is 1. The van der Waals surface area contributed by atoms with Gasteiger partial charge >= 0.3 is 18.1 Å². The Morgan fingerprint density at radius 2 is 1.64 bits per heavy atom. The Morgan fingerprint density at radius 1 is 1.05 bits per heavy atom. The third kappa shape index (κ3) is 6.21. The summed E-state index contributed by atoms with van der Waals surface area (Å²) in [5, 5.41) is 2.27. The van der Waals surface area contributed by atoms with Gasteiger partial charge in [0.25, 0.3) is 5.91 Å². The molecule has 8 nitrogen and oxygen atoms in total. The summed E-state index contributed by atoms with van der Waals surface area (Å²) in [6.45, 7) is 10.9. The van der Waals surface area contributed by atoms with E-state index in [2.05, 4.69) is 23.2 Å². The van der Waals surface area contributed by atoms with Crippen LogP contribution in [0, 0.1) is 0 Å². The molecule has 0 aliphatic carbocycles. The zero-order chi connectivity index (χ0) is 17.3. The predicted octanol–water partition coefficient (Wildman–Crippen LogP) is 1.38. The number of carbonyl (C=O) groups excluding carboxylic acids is 4. The number of hydrogen-bond acceptors (Lipinski definition) is 6. The van der Waals surface area contributed by atoms with Crippen LogP contribution in [0.5, 0.6) is 0 Å². The summed E-state index contributed by atoms with van der Waals surface area (Å²) in [5.74, 6) is -1.48. The van der Waals surface area contributed by atoms with Crippen molar-refractivity contribution in [3.8, 4) is 0 Å². The lowest BCUT2D eigenvalue weighted by Crippen LogP contribution is -2.48. The van der Waals surface area contributed by atoms with E-state index in [0.29, 0.717) is 4.90 Å². The van der Waals surface area contributed by atoms with Crippen LogP contribution in [-0.2, 0) is 19.1 Å². The van der Waals surface area contributed by atoms with Crippen LogP contribution in [-0.4, -0.2) is 48.7 Å². The van der Waals surface area contributed by atoms with E-state index in [1.807, 2.05) is 0 Å². The standard InChI is InChI=1S/C14H20N2O6/c1-6-21-14(20)16(11(17)9(2)3)13(19)15-7-8-22-12(18)10(4)5/h2,4,6-8H2,1,3,5H3,(H,15,19). The highest BCUT2D eigenvalue weighted by molar-refractivity contribution is 6.13. The number of hydrogen-bond donors (Lipinski definition) is 1. The maximum Gasteiger partial charge on any atom is 0.425 e. The van der Waals surface area contributed by atoms with Crippen molar-refractivity contribution in [1.82, 2.24) is 10.2 Å². The van der Waals surface area contributed by atoms with Crippen LogP contribution in [0.15, 0.2) is 24.3 Å². The highest BCUT2D eigenvalue weighted by Gasteiger charge is 2.30. The lowest BCUT2D eigenvalue weighted by molar-refractivity contribution is -0.138. The van der Waals surface area contributed by atoms with E-state index < -0.39 is 24.0 Å². The Kier molecular flexibility index (Phi) is 8.21. The Bertz CT molecular complexity index is 498. The minimum absolute atomic E-state index is 0.00229. The molecule has 0 aromatic rings. The number of ether oxygens (including phenoxy) is 2. The molecule has 0 aromatic carbocycles. The molecule has 0 heterocycles. The fourth-order valence-corrected chi connectivity index (χ4v) is 1.14. The second kappa shape index (κ2) is 9.32. The van der Waals surface area contributed by atoms with Crippen molar-refractivity contribution in [2.45, 2.75) is 20.8 Å². The van der Waals surface area contributed by atoms with E-state index in [1.54, 1.807) is 0 Å². The lowest BCUT2D eigenvalue weighted by atomic mass is 10.3. The molecule has 0 aliphatic heterocycles. The molecule has 0 aliphatic rings. The van der Waals surface area contributed by atoms with Gasteiger partial charge in [-0.2, -0.15) is 4.90 Å². The number of nitrogens with one attached hydrogen (secondary N) is 1. The van der Waals surface area contributed by atoms with Gasteiger partial charge in [-0.15, -0.1) is 0 Å². The molecular formula is C14H20N2O6. The molecule has 1 N–H and O–H groups in total. The van der Waals surface area contributed by atoms with E-state index in [4.69, 9.17) is 4.74 Å². The van der Waals surface area contributed by atoms with Crippen molar-refractivity contribution >= 4 is 24.0 Å². The van der Waals surface area contributed by atoms with E-state index in [0.717, 1.165) is 0 Å². The van der Waals surface area contributed by atoms with Crippen LogP contribution >= 0.6 is 0 Å². The normalized spacial score (nSPS) is 9.41. The van der Waals surface area contributed by atoms with Gasteiger partial charge in [0, 0.05) is 11.1 Å². The van der Waals surface area contributed by atoms with Gasteiger partial charge in [-0.25, -0.2) is 14.4 Å². The van der Waals surface area contributed by atoms with Crippen LogP contribution in [0.3, 0.4) is 0 Å². The molecule has 0 aromatic heterocycles. The minimum atomic E-state index is -1.10. The third-order valence-electron chi connectivity index (χ3n) is 2.18. The topological polar surface area (TPSA) is 102 Å². The van der Waals surface area contributed by atoms with E-state index in [-0.39, 0.29) is 30.9 Å². The van der Waals surface area contributed by atoms with Gasteiger partial charge in [-0.1, -0.05) is 13.2 Å². The van der Waals surface area contributed by atoms with Crippen molar-refractivity contribution in [3.63, 3.8) is 0 Å². The van der Waals surface area contributed by atoms with Crippen molar-refractivity contribution in [3.05, 3.63) is 24.3 Å². The summed E-state index contributed by atoms with van der Waals surface area (Å²) >= 11 is 0. The number of nitrogens with zero attached hydrogens (tertiary/aromatic N) is 1. The molecule has 22 heavy (non-hydrogen) atoms. The SMILES string of the molecule is C=C(C)C(=O)OCCNC(=O)N(C(=O)OCC)C(=O)C(=C)C. The number of imide groups is 3. The second-order valence-electron chi connectivity index (χ2n) is 4.27. The van der Waals surface area contributed by atoms with Gasteiger partial charge in [0.2, 0.25) is 0 Å². The van der Waals surface area contributed by atoms with E-state index >= 15 is 0 Å². The van der Waals surface area contributed by atoms with Gasteiger partial charge in [-0.3, -0.25) is 4.79 Å². The molecule has 4 amide bonds. The van der Waals surface area contributed by atoms with Gasteiger partial charge in [0.1, 0.15) is 6.61 Å². The second-order valence-corrected chi connectivity index (χ2v) is 4.27. The molecule has 0 saturated heterocycles. The fraction of sp³-hybridized carbons (Fsp3) is 0.429. The summed E-state index contributed by atoms with van der Waals surface area (Å²) in [6.07, 6.45) is -1.10. The first kappa shape index (κ1) is 19.4. The molecule has 0 radical (unpaired) electrons. The van der Waals surface area contributed by atoms with Crippen LogP contribution < -0.4 is 5.32 Å². The van der Waals surface area contributed by atoms with Crippen molar-refractivity contribution < 1.29 is 28.7 Å². The predicted molar refractivity (Wildman–Crippen MR) is 77.9 cm³/mol. The number of esters is 1. The van der Waals surface area contributed by atoms with Crippen LogP contribution in [0.4, 0.5) is 9.59 Å². The largest absolute Gasteiger partial charge is 0.460 e. The maximum absolute atomic E-state index is 11.9. The summed E-state index contributed by atoms with van der Waals surface area (Å²) in [4.78, 5) is 46.7. The molecule has 0 saturated carbocycles. The summed E-state index contributed by atoms with van der Waals surface area (Å²) in [6, 6.07) is -0.988. The first-order valence-electron chi connectivity index (χ1n) is 6.49. The average molecular weight is 312 g/mol. The van der Waals surface area contributed by atoms with Crippen LogP contribution in [0.1, 0.15) is 20.8 Å². The quantitative estimate of drug-likeness (QED) is 0.451. The highest BCUT2D eigenvalue weighted by Crippen LogP contribution is 2.03. The molecule has 0 rings (SSSR count). The van der Waals surface area contributed by atoms with E-state index in [1.165, 1.54) is 20.8 Å². The third-order valence-corrected chi connectivity index (χ3v) is 2.18. The van der Waals surface area contributed by atoms with E-state index in [9.17, 15) is 19.2 Å².